The summed E-state index contributed by atoms with van der Waals surface area (Å²) < 4.78 is 1.43. The van der Waals surface area contributed by atoms with Crippen molar-refractivity contribution in [2.45, 2.75) is 27.3 Å². The first kappa shape index (κ1) is 11.8. The van der Waals surface area contributed by atoms with E-state index in [1.54, 1.807) is 0 Å². The van der Waals surface area contributed by atoms with Crippen molar-refractivity contribution >= 4 is 5.78 Å². The van der Waals surface area contributed by atoms with E-state index in [2.05, 4.69) is 10.3 Å². The molecule has 0 aromatic carbocycles. The summed E-state index contributed by atoms with van der Waals surface area (Å²) in [5.41, 5.74) is 0.332. The number of aromatic nitrogens is 3. The Bertz CT molecular complexity index is 258. The second kappa shape index (κ2) is 6.30. The van der Waals surface area contributed by atoms with Gasteiger partial charge in [0, 0.05) is 6.92 Å². The number of hydrogen-bond donors (Lipinski definition) is 1. The van der Waals surface area contributed by atoms with Crippen molar-refractivity contribution in [3.05, 3.63) is 11.9 Å². The van der Waals surface area contributed by atoms with Crippen molar-refractivity contribution in [3.63, 3.8) is 0 Å². The maximum atomic E-state index is 10.7. The highest BCUT2D eigenvalue weighted by Crippen LogP contribution is 1.92. The van der Waals surface area contributed by atoms with Crippen LogP contribution < -0.4 is 0 Å². The molecular weight excluding hydrogens is 170 g/mol. The molecule has 0 atom stereocenters. The quantitative estimate of drug-likeness (QED) is 0.696. The van der Waals surface area contributed by atoms with Crippen molar-refractivity contribution < 1.29 is 9.90 Å². The minimum absolute atomic E-state index is 0.000699. The van der Waals surface area contributed by atoms with Gasteiger partial charge in [-0.2, -0.15) is 0 Å². The van der Waals surface area contributed by atoms with E-state index >= 15 is 0 Å². The van der Waals surface area contributed by atoms with Crippen LogP contribution >= 0.6 is 0 Å². The molecule has 0 spiro atoms. The zero-order chi connectivity index (χ0) is 10.3. The molecule has 0 aliphatic rings. The normalized spacial score (nSPS) is 8.92. The van der Waals surface area contributed by atoms with E-state index in [0.29, 0.717) is 12.2 Å². The summed E-state index contributed by atoms with van der Waals surface area (Å²) in [5, 5.41) is 15.7. The van der Waals surface area contributed by atoms with Crippen LogP contribution in [0, 0.1) is 0 Å². The third-order valence-corrected chi connectivity index (χ3v) is 1.23. The van der Waals surface area contributed by atoms with Crippen molar-refractivity contribution in [2.24, 2.45) is 0 Å². The summed E-state index contributed by atoms with van der Waals surface area (Å²) in [7, 11) is 0. The fourth-order valence-electron chi connectivity index (χ4n) is 0.671. The first-order chi connectivity index (χ1) is 6.24. The molecule has 0 unspecified atom stereocenters. The Morgan fingerprint density at radius 1 is 1.62 bits per heavy atom. The largest absolute Gasteiger partial charge is 0.394 e. The molecule has 0 aliphatic heterocycles. The Kier molecular flexibility index (Phi) is 5.71. The van der Waals surface area contributed by atoms with Crippen molar-refractivity contribution in [1.82, 2.24) is 15.0 Å². The topological polar surface area (TPSA) is 68.0 Å². The van der Waals surface area contributed by atoms with Gasteiger partial charge in [0.1, 0.15) is 5.69 Å². The molecule has 5 heteroatoms. The monoisotopic (exact) mass is 185 g/mol. The van der Waals surface area contributed by atoms with E-state index in [0.717, 1.165) is 0 Å². The van der Waals surface area contributed by atoms with Crippen LogP contribution in [-0.4, -0.2) is 32.5 Å². The van der Waals surface area contributed by atoms with Gasteiger partial charge in [-0.15, -0.1) is 5.10 Å². The molecule has 1 aromatic heterocycles. The van der Waals surface area contributed by atoms with E-state index in [1.165, 1.54) is 17.8 Å². The van der Waals surface area contributed by atoms with Crippen molar-refractivity contribution in [2.75, 3.05) is 6.61 Å². The fourth-order valence-corrected chi connectivity index (χ4v) is 0.671. The molecule has 74 valence electrons. The van der Waals surface area contributed by atoms with Gasteiger partial charge in [-0.25, -0.2) is 4.68 Å². The summed E-state index contributed by atoms with van der Waals surface area (Å²) in [6, 6.07) is 0. The zero-order valence-electron chi connectivity index (χ0n) is 8.19. The first-order valence-corrected chi connectivity index (χ1v) is 4.26. The molecule has 1 rings (SSSR count). The molecule has 1 N–H and O–H groups in total. The highest BCUT2D eigenvalue weighted by Gasteiger charge is 2.03. The predicted molar refractivity (Wildman–Crippen MR) is 48.5 cm³/mol. The van der Waals surface area contributed by atoms with E-state index < -0.39 is 0 Å². The van der Waals surface area contributed by atoms with Gasteiger partial charge >= 0.3 is 0 Å². The average molecular weight is 185 g/mol. The van der Waals surface area contributed by atoms with Crippen LogP contribution in [-0.2, 0) is 6.54 Å². The van der Waals surface area contributed by atoms with Crippen LogP contribution in [0.5, 0.6) is 0 Å². The van der Waals surface area contributed by atoms with Crippen LogP contribution in [0.4, 0.5) is 0 Å². The third kappa shape index (κ3) is 3.80. The maximum absolute atomic E-state index is 10.7. The lowest BCUT2D eigenvalue weighted by Gasteiger charge is -1.91. The lowest BCUT2D eigenvalue weighted by Crippen LogP contribution is -2.02. The number of carbonyl (C=O) groups is 1. The maximum Gasteiger partial charge on any atom is 0.181 e. The molecule has 0 fully saturated rings. The second-order valence-corrected chi connectivity index (χ2v) is 2.15. The molecule has 0 radical (unpaired) electrons. The SMILES string of the molecule is CC.CC(=O)c1cn(CCO)nn1. The highest BCUT2D eigenvalue weighted by molar-refractivity contribution is 5.91. The summed E-state index contributed by atoms with van der Waals surface area (Å²) in [4.78, 5) is 10.7. The van der Waals surface area contributed by atoms with E-state index in [-0.39, 0.29) is 12.4 Å². The summed E-state index contributed by atoms with van der Waals surface area (Å²) in [5.74, 6) is -0.116. The molecule has 5 nitrogen and oxygen atoms in total. The van der Waals surface area contributed by atoms with Crippen LogP contribution in [0.3, 0.4) is 0 Å². The Labute approximate surface area is 77.4 Å². The minimum atomic E-state index is -0.116. The van der Waals surface area contributed by atoms with Gasteiger partial charge in [-0.05, 0) is 0 Å². The van der Waals surface area contributed by atoms with E-state index in [1.807, 2.05) is 13.8 Å². The number of aliphatic hydroxyl groups is 1. The first-order valence-electron chi connectivity index (χ1n) is 4.26. The molecule has 0 bridgehead atoms. The van der Waals surface area contributed by atoms with Gasteiger partial charge in [-0.3, -0.25) is 4.79 Å². The molecule has 0 amide bonds. The van der Waals surface area contributed by atoms with Crippen LogP contribution in [0.1, 0.15) is 31.3 Å². The smallest absolute Gasteiger partial charge is 0.181 e. The summed E-state index contributed by atoms with van der Waals surface area (Å²) >= 11 is 0. The average Bonchev–Trinajstić information content (AvgIpc) is 2.57. The molecular formula is C8H15N3O2. The Morgan fingerprint density at radius 2 is 2.23 bits per heavy atom. The standard InChI is InChI=1S/C6H9N3O2.C2H6/c1-5(11)6-4-9(2-3-10)8-7-6;1-2/h4,10H,2-3H2,1H3;1-2H3. The summed E-state index contributed by atoms with van der Waals surface area (Å²) in [6.45, 7) is 5.80. The Balaban J connectivity index is 0.000000671. The molecule has 0 saturated carbocycles. The van der Waals surface area contributed by atoms with Crippen LogP contribution in [0.2, 0.25) is 0 Å². The van der Waals surface area contributed by atoms with E-state index in [9.17, 15) is 4.79 Å². The van der Waals surface area contributed by atoms with Gasteiger partial charge in [0.05, 0.1) is 19.3 Å². The predicted octanol–water partition coefficient (Wildman–Crippen LogP) is 0.499. The van der Waals surface area contributed by atoms with Crippen LogP contribution in [0.15, 0.2) is 6.20 Å². The van der Waals surface area contributed by atoms with Crippen LogP contribution in [0.25, 0.3) is 0 Å². The zero-order valence-corrected chi connectivity index (χ0v) is 8.19. The number of hydrogen-bond acceptors (Lipinski definition) is 4. The molecule has 0 saturated heterocycles. The molecule has 0 aliphatic carbocycles. The van der Waals surface area contributed by atoms with Gasteiger partial charge < -0.3 is 5.11 Å². The number of ketones is 1. The number of aliphatic hydroxyl groups excluding tert-OH is 1. The number of carbonyl (C=O) groups excluding carboxylic acids is 1. The lowest BCUT2D eigenvalue weighted by atomic mass is 10.3. The van der Waals surface area contributed by atoms with Crippen molar-refractivity contribution in [3.8, 4) is 0 Å². The fraction of sp³-hybridized carbons (Fsp3) is 0.625. The Morgan fingerprint density at radius 3 is 2.62 bits per heavy atom. The van der Waals surface area contributed by atoms with Gasteiger partial charge in [0.15, 0.2) is 5.78 Å². The Hall–Kier alpha value is -1.23. The number of rotatable bonds is 3. The highest BCUT2D eigenvalue weighted by atomic mass is 16.3. The second-order valence-electron chi connectivity index (χ2n) is 2.15. The molecule has 1 heterocycles. The third-order valence-electron chi connectivity index (χ3n) is 1.23. The van der Waals surface area contributed by atoms with Gasteiger partial charge in [-0.1, -0.05) is 19.1 Å². The van der Waals surface area contributed by atoms with Gasteiger partial charge in [0.2, 0.25) is 0 Å². The van der Waals surface area contributed by atoms with Crippen molar-refractivity contribution in [1.29, 1.82) is 0 Å². The molecule has 13 heavy (non-hydrogen) atoms. The molecule has 1 aromatic rings. The number of nitrogens with zero attached hydrogens (tertiary/aromatic N) is 3. The number of Topliss-reactive ketones (excluding diaryl/α,β-unsaturated/α-hetero) is 1. The minimum Gasteiger partial charge on any atom is -0.394 e. The lowest BCUT2D eigenvalue weighted by molar-refractivity contribution is 0.101. The van der Waals surface area contributed by atoms with E-state index in [4.69, 9.17) is 5.11 Å². The summed E-state index contributed by atoms with van der Waals surface area (Å²) in [6.07, 6.45) is 1.51. The van der Waals surface area contributed by atoms with Gasteiger partial charge in [0.25, 0.3) is 0 Å².